The van der Waals surface area contributed by atoms with E-state index >= 15 is 0 Å². The zero-order chi connectivity index (χ0) is 23.4. The predicted octanol–water partition coefficient (Wildman–Crippen LogP) is 3.38. The van der Waals surface area contributed by atoms with Crippen LogP contribution in [0.4, 0.5) is 0 Å². The van der Waals surface area contributed by atoms with Crippen molar-refractivity contribution in [1.29, 1.82) is 0 Å². The Morgan fingerprint density at radius 1 is 1.12 bits per heavy atom. The molecule has 174 valence electrons. The maximum atomic E-state index is 13.5. The summed E-state index contributed by atoms with van der Waals surface area (Å²) in [5, 5.41) is 8.16. The van der Waals surface area contributed by atoms with Gasteiger partial charge in [-0.05, 0) is 50.1 Å². The van der Waals surface area contributed by atoms with E-state index in [-0.39, 0.29) is 35.7 Å². The fourth-order valence-electron chi connectivity index (χ4n) is 3.80. The van der Waals surface area contributed by atoms with Gasteiger partial charge in [-0.1, -0.05) is 18.2 Å². The summed E-state index contributed by atoms with van der Waals surface area (Å²) in [5.74, 6) is -0.153. The largest absolute Gasteiger partial charge is 0.495 e. The highest BCUT2D eigenvalue weighted by Crippen LogP contribution is 2.34. The van der Waals surface area contributed by atoms with Gasteiger partial charge in [0.25, 0.3) is 0 Å². The summed E-state index contributed by atoms with van der Waals surface area (Å²) >= 11 is 0. The number of esters is 1. The quantitative estimate of drug-likeness (QED) is 0.482. The maximum Gasteiger partial charge on any atom is 0.310 e. The van der Waals surface area contributed by atoms with Gasteiger partial charge < -0.3 is 13.9 Å². The number of carbonyl (C=O) groups excluding carboxylic acids is 1. The summed E-state index contributed by atoms with van der Waals surface area (Å²) in [7, 11) is -2.54. The van der Waals surface area contributed by atoms with Gasteiger partial charge in [0, 0.05) is 24.2 Å². The molecule has 0 amide bonds. The molecule has 1 saturated heterocycles. The van der Waals surface area contributed by atoms with Crippen molar-refractivity contribution in [1.82, 2.24) is 14.5 Å². The van der Waals surface area contributed by atoms with E-state index in [9.17, 15) is 13.2 Å². The average molecular weight is 472 g/mol. The highest BCUT2D eigenvalue weighted by molar-refractivity contribution is 7.89. The first kappa shape index (κ1) is 22.9. The third-order valence-electron chi connectivity index (χ3n) is 5.48. The molecule has 1 aliphatic heterocycles. The minimum absolute atomic E-state index is 0.0218. The number of ether oxygens (including phenoxy) is 2. The van der Waals surface area contributed by atoms with Gasteiger partial charge in [0.2, 0.25) is 21.8 Å². The zero-order valence-corrected chi connectivity index (χ0v) is 19.2. The Kier molecular flexibility index (Phi) is 6.75. The van der Waals surface area contributed by atoms with Crippen molar-refractivity contribution in [3.63, 3.8) is 0 Å². The molecule has 3 aromatic rings. The van der Waals surface area contributed by atoms with Gasteiger partial charge in [-0.25, -0.2) is 8.42 Å². The van der Waals surface area contributed by atoms with Crippen molar-refractivity contribution >= 4 is 16.0 Å². The second-order valence-electron chi connectivity index (χ2n) is 7.60. The summed E-state index contributed by atoms with van der Waals surface area (Å²) < 4.78 is 44.6. The maximum absolute atomic E-state index is 13.5. The number of piperidine rings is 1. The second-order valence-corrected chi connectivity index (χ2v) is 9.50. The van der Waals surface area contributed by atoms with E-state index in [1.165, 1.54) is 17.5 Å². The lowest BCUT2D eigenvalue weighted by Crippen LogP contribution is -2.42. The standard InChI is InChI=1S/C23H25N3O6S/c1-3-31-23(27)18-10-7-13-26(15-18)33(28,29)20-14-17(11-12-19(20)30-2)22-25-24-21(32-22)16-8-5-4-6-9-16/h4-6,8-9,11-12,14,18H,3,7,10,13,15H2,1-2H3/t18-/m0/s1. The van der Waals surface area contributed by atoms with Gasteiger partial charge >= 0.3 is 5.97 Å². The van der Waals surface area contributed by atoms with Crippen LogP contribution in [0, 0.1) is 5.92 Å². The number of aromatic nitrogens is 2. The van der Waals surface area contributed by atoms with E-state index in [4.69, 9.17) is 13.9 Å². The van der Waals surface area contributed by atoms with Gasteiger partial charge in [0.1, 0.15) is 10.6 Å². The van der Waals surface area contributed by atoms with Gasteiger partial charge in [-0.3, -0.25) is 4.79 Å². The van der Waals surface area contributed by atoms with Crippen LogP contribution in [0.2, 0.25) is 0 Å². The van der Waals surface area contributed by atoms with Crippen molar-refractivity contribution in [2.45, 2.75) is 24.7 Å². The lowest BCUT2D eigenvalue weighted by molar-refractivity contribution is -0.149. The van der Waals surface area contributed by atoms with Crippen molar-refractivity contribution in [2.75, 3.05) is 26.8 Å². The summed E-state index contributed by atoms with van der Waals surface area (Å²) in [6, 6.07) is 14.0. The monoisotopic (exact) mass is 471 g/mol. The van der Waals surface area contributed by atoms with E-state index in [0.29, 0.717) is 30.8 Å². The number of hydrogen-bond acceptors (Lipinski definition) is 8. The number of hydrogen-bond donors (Lipinski definition) is 0. The smallest absolute Gasteiger partial charge is 0.310 e. The molecule has 1 fully saturated rings. The number of carbonyl (C=O) groups is 1. The molecule has 0 radical (unpaired) electrons. The first-order valence-electron chi connectivity index (χ1n) is 10.7. The number of methoxy groups -OCH3 is 1. The lowest BCUT2D eigenvalue weighted by Gasteiger charge is -2.31. The topological polar surface area (TPSA) is 112 Å². The molecule has 0 N–H and O–H groups in total. The summed E-state index contributed by atoms with van der Waals surface area (Å²) in [5.41, 5.74) is 1.21. The molecule has 0 bridgehead atoms. The van der Waals surface area contributed by atoms with Crippen molar-refractivity contribution in [3.8, 4) is 28.7 Å². The van der Waals surface area contributed by atoms with Crippen molar-refractivity contribution in [2.24, 2.45) is 5.92 Å². The molecule has 0 spiro atoms. The Bertz CT molecular complexity index is 1230. The minimum Gasteiger partial charge on any atom is -0.495 e. The SMILES string of the molecule is CCOC(=O)[C@H]1CCCN(S(=O)(=O)c2cc(-c3nnc(-c4ccccc4)o3)ccc2OC)C1. The fourth-order valence-corrected chi connectivity index (χ4v) is 5.51. The van der Waals surface area contributed by atoms with Crippen LogP contribution < -0.4 is 4.74 Å². The Morgan fingerprint density at radius 3 is 2.55 bits per heavy atom. The lowest BCUT2D eigenvalue weighted by atomic mass is 10.0. The Hall–Kier alpha value is -3.24. The summed E-state index contributed by atoms with van der Waals surface area (Å²) in [6.07, 6.45) is 1.15. The third kappa shape index (κ3) is 4.76. The van der Waals surface area contributed by atoms with E-state index in [1.54, 1.807) is 19.1 Å². The Morgan fingerprint density at radius 2 is 1.85 bits per heavy atom. The van der Waals surface area contributed by atoms with Crippen molar-refractivity contribution in [3.05, 3.63) is 48.5 Å². The fraction of sp³-hybridized carbons (Fsp3) is 0.348. The molecule has 1 aliphatic rings. The second kappa shape index (κ2) is 9.72. The predicted molar refractivity (Wildman–Crippen MR) is 120 cm³/mol. The summed E-state index contributed by atoms with van der Waals surface area (Å²) in [6.45, 7) is 2.36. The van der Waals surface area contributed by atoms with Crippen LogP contribution in [0.5, 0.6) is 5.75 Å². The summed E-state index contributed by atoms with van der Waals surface area (Å²) in [4.78, 5) is 12.2. The molecule has 33 heavy (non-hydrogen) atoms. The van der Waals surface area contributed by atoms with Crippen molar-refractivity contribution < 1.29 is 27.1 Å². The minimum atomic E-state index is -3.95. The van der Waals surface area contributed by atoms with Crippen LogP contribution >= 0.6 is 0 Å². The number of rotatable bonds is 7. The van der Waals surface area contributed by atoms with Crippen LogP contribution in [0.3, 0.4) is 0 Å². The number of nitrogens with zero attached hydrogens (tertiary/aromatic N) is 3. The van der Waals surface area contributed by atoms with Gasteiger partial charge in [0.05, 0.1) is 19.6 Å². The molecule has 10 heteroatoms. The molecule has 0 aliphatic carbocycles. The highest BCUT2D eigenvalue weighted by atomic mass is 32.2. The van der Waals surface area contributed by atoms with Gasteiger partial charge in [-0.2, -0.15) is 4.31 Å². The molecule has 1 atom stereocenters. The Labute approximate surface area is 192 Å². The molecule has 2 heterocycles. The van der Waals surface area contributed by atoms with Gasteiger partial charge in [0.15, 0.2) is 0 Å². The molecule has 0 unspecified atom stereocenters. The Balaban J connectivity index is 1.66. The highest BCUT2D eigenvalue weighted by Gasteiger charge is 2.35. The number of sulfonamides is 1. The molecule has 2 aromatic carbocycles. The molecule has 4 rings (SSSR count). The van der Waals surface area contributed by atoms with Crippen LogP contribution in [0.1, 0.15) is 19.8 Å². The third-order valence-corrected chi connectivity index (χ3v) is 7.36. The molecule has 9 nitrogen and oxygen atoms in total. The first-order chi connectivity index (χ1) is 15.9. The molecular weight excluding hydrogens is 446 g/mol. The van der Waals surface area contributed by atoms with Crippen LogP contribution in [0.25, 0.3) is 22.9 Å². The molecular formula is C23H25N3O6S. The van der Waals surface area contributed by atoms with E-state index in [1.807, 2.05) is 30.3 Å². The van der Waals surface area contributed by atoms with Crippen LogP contribution in [0.15, 0.2) is 57.8 Å². The van der Waals surface area contributed by atoms with Crippen LogP contribution in [-0.2, 0) is 19.6 Å². The normalized spacial score (nSPS) is 17.0. The molecule has 1 aromatic heterocycles. The number of benzene rings is 2. The van der Waals surface area contributed by atoms with E-state index in [2.05, 4.69) is 10.2 Å². The van der Waals surface area contributed by atoms with E-state index < -0.39 is 15.9 Å². The van der Waals surface area contributed by atoms with E-state index in [0.717, 1.165) is 5.56 Å². The average Bonchev–Trinajstić information content (AvgIpc) is 3.35. The zero-order valence-electron chi connectivity index (χ0n) is 18.4. The first-order valence-corrected chi connectivity index (χ1v) is 12.1. The molecule has 0 saturated carbocycles. The van der Waals surface area contributed by atoms with Gasteiger partial charge in [-0.15, -0.1) is 10.2 Å². The van der Waals surface area contributed by atoms with Crippen LogP contribution in [-0.4, -0.2) is 55.7 Å².